The number of nitrogens with zero attached hydrogens (tertiary/aromatic N) is 1. The maximum atomic E-state index is 6.15. The maximum absolute atomic E-state index is 6.15. The largest absolute Gasteiger partial charge is 0.333 e. The number of nitrogens with one attached hydrogen (secondary N) is 1. The van der Waals surface area contributed by atoms with Gasteiger partial charge in [-0.25, -0.2) is 4.98 Å². The molecule has 3 aromatic rings. The SMILES string of the molecule is Clc1ccc(-c2cnc(SCc3ccccc3Cl)[nH]2)cc1. The van der Waals surface area contributed by atoms with Crippen LogP contribution in [0, 0.1) is 0 Å². The molecule has 0 saturated carbocycles. The minimum atomic E-state index is 0.728. The number of halogens is 2. The van der Waals surface area contributed by atoms with Gasteiger partial charge < -0.3 is 4.98 Å². The molecule has 0 aliphatic carbocycles. The van der Waals surface area contributed by atoms with Gasteiger partial charge in [0.15, 0.2) is 5.16 Å². The maximum Gasteiger partial charge on any atom is 0.166 e. The minimum Gasteiger partial charge on any atom is -0.333 e. The van der Waals surface area contributed by atoms with Crippen LogP contribution in [0.15, 0.2) is 59.9 Å². The number of hydrogen-bond donors (Lipinski definition) is 1. The number of benzene rings is 2. The number of thioether (sulfide) groups is 1. The van der Waals surface area contributed by atoms with Crippen molar-refractivity contribution in [2.45, 2.75) is 10.9 Å². The van der Waals surface area contributed by atoms with Crippen molar-refractivity contribution in [2.24, 2.45) is 0 Å². The van der Waals surface area contributed by atoms with Crippen molar-refractivity contribution >= 4 is 35.0 Å². The number of rotatable bonds is 4. The topological polar surface area (TPSA) is 28.7 Å². The van der Waals surface area contributed by atoms with Crippen molar-refractivity contribution in [2.75, 3.05) is 0 Å². The molecule has 5 heteroatoms. The highest BCUT2D eigenvalue weighted by Gasteiger charge is 2.05. The van der Waals surface area contributed by atoms with Crippen LogP contribution in [0.5, 0.6) is 0 Å². The van der Waals surface area contributed by atoms with Gasteiger partial charge in [-0.2, -0.15) is 0 Å². The van der Waals surface area contributed by atoms with Crippen molar-refractivity contribution in [3.05, 3.63) is 70.3 Å². The lowest BCUT2D eigenvalue weighted by Crippen LogP contribution is -1.83. The Morgan fingerprint density at radius 1 is 1.00 bits per heavy atom. The number of imidazole rings is 1. The molecule has 21 heavy (non-hydrogen) atoms. The zero-order chi connectivity index (χ0) is 14.7. The third-order valence-corrected chi connectivity index (χ3v) is 4.59. The molecule has 2 aromatic carbocycles. The van der Waals surface area contributed by atoms with Crippen LogP contribution in [0.25, 0.3) is 11.3 Å². The molecule has 0 bridgehead atoms. The molecular weight excluding hydrogens is 323 g/mol. The smallest absolute Gasteiger partial charge is 0.166 e. The van der Waals surface area contributed by atoms with Crippen molar-refractivity contribution in [1.29, 1.82) is 0 Å². The minimum absolute atomic E-state index is 0.728. The van der Waals surface area contributed by atoms with E-state index in [1.807, 2.05) is 54.7 Å². The second kappa shape index (κ2) is 6.56. The summed E-state index contributed by atoms with van der Waals surface area (Å²) in [6.45, 7) is 0. The second-order valence-corrected chi connectivity index (χ2v) is 6.30. The molecule has 0 radical (unpaired) electrons. The van der Waals surface area contributed by atoms with Crippen molar-refractivity contribution in [3.63, 3.8) is 0 Å². The van der Waals surface area contributed by atoms with Gasteiger partial charge in [-0.05, 0) is 29.3 Å². The monoisotopic (exact) mass is 334 g/mol. The van der Waals surface area contributed by atoms with Crippen LogP contribution in [-0.4, -0.2) is 9.97 Å². The lowest BCUT2D eigenvalue weighted by atomic mass is 10.2. The predicted octanol–water partition coefficient (Wildman–Crippen LogP) is 5.68. The van der Waals surface area contributed by atoms with Crippen LogP contribution in [0.1, 0.15) is 5.56 Å². The van der Waals surface area contributed by atoms with Gasteiger partial charge in [-0.3, -0.25) is 0 Å². The quantitative estimate of drug-likeness (QED) is 0.622. The van der Waals surface area contributed by atoms with Crippen molar-refractivity contribution < 1.29 is 0 Å². The summed E-state index contributed by atoms with van der Waals surface area (Å²) < 4.78 is 0. The van der Waals surface area contributed by atoms with E-state index in [0.29, 0.717) is 0 Å². The fourth-order valence-corrected chi connectivity index (χ4v) is 3.18. The van der Waals surface area contributed by atoms with E-state index in [4.69, 9.17) is 23.2 Å². The van der Waals surface area contributed by atoms with E-state index in [0.717, 1.165) is 37.8 Å². The van der Waals surface area contributed by atoms with E-state index < -0.39 is 0 Å². The molecule has 1 aromatic heterocycles. The Morgan fingerprint density at radius 2 is 1.76 bits per heavy atom. The fourth-order valence-electron chi connectivity index (χ4n) is 1.91. The highest BCUT2D eigenvalue weighted by Crippen LogP contribution is 2.27. The number of aromatic nitrogens is 2. The number of hydrogen-bond acceptors (Lipinski definition) is 2. The Bertz CT molecular complexity index is 738. The standard InChI is InChI=1S/C16H12Cl2N2S/c17-13-7-5-11(6-8-13)15-9-19-16(20-15)21-10-12-3-1-2-4-14(12)18/h1-9H,10H2,(H,19,20). The van der Waals surface area contributed by atoms with E-state index >= 15 is 0 Å². The molecule has 0 unspecified atom stereocenters. The van der Waals surface area contributed by atoms with Gasteiger partial charge in [0.1, 0.15) is 0 Å². The van der Waals surface area contributed by atoms with Gasteiger partial charge >= 0.3 is 0 Å². The Kier molecular flexibility index (Phi) is 4.54. The van der Waals surface area contributed by atoms with Gasteiger partial charge in [-0.1, -0.05) is 65.3 Å². The van der Waals surface area contributed by atoms with Crippen molar-refractivity contribution in [3.8, 4) is 11.3 Å². The molecule has 0 aliphatic heterocycles. The van der Waals surface area contributed by atoms with Gasteiger partial charge in [0.25, 0.3) is 0 Å². The molecule has 0 spiro atoms. The summed E-state index contributed by atoms with van der Waals surface area (Å²) in [5.74, 6) is 0.785. The third kappa shape index (κ3) is 3.62. The molecule has 0 saturated heterocycles. The average Bonchev–Trinajstić information content (AvgIpc) is 2.96. The first-order valence-corrected chi connectivity index (χ1v) is 8.14. The number of H-pyrrole nitrogens is 1. The highest BCUT2D eigenvalue weighted by molar-refractivity contribution is 7.98. The summed E-state index contributed by atoms with van der Waals surface area (Å²) in [7, 11) is 0. The van der Waals surface area contributed by atoms with Crippen LogP contribution in [0.4, 0.5) is 0 Å². The predicted molar refractivity (Wildman–Crippen MR) is 90.0 cm³/mol. The van der Waals surface area contributed by atoms with E-state index in [1.54, 1.807) is 11.8 Å². The lowest BCUT2D eigenvalue weighted by molar-refractivity contribution is 1.06. The zero-order valence-electron chi connectivity index (χ0n) is 11.0. The second-order valence-electron chi connectivity index (χ2n) is 4.49. The Hall–Kier alpha value is -1.42. The van der Waals surface area contributed by atoms with E-state index in [1.165, 1.54) is 0 Å². The van der Waals surface area contributed by atoms with Crippen LogP contribution >= 0.6 is 35.0 Å². The van der Waals surface area contributed by atoms with E-state index in [9.17, 15) is 0 Å². The van der Waals surface area contributed by atoms with Crippen LogP contribution in [0.3, 0.4) is 0 Å². The highest BCUT2D eigenvalue weighted by atomic mass is 35.5. The first kappa shape index (κ1) is 14.5. The fraction of sp³-hybridized carbons (Fsp3) is 0.0625. The molecular formula is C16H12Cl2N2S. The Balaban J connectivity index is 1.71. The molecule has 0 fully saturated rings. The molecule has 0 aliphatic rings. The first-order valence-electron chi connectivity index (χ1n) is 6.39. The summed E-state index contributed by atoms with van der Waals surface area (Å²) >= 11 is 13.7. The molecule has 0 atom stereocenters. The summed E-state index contributed by atoms with van der Waals surface area (Å²) in [6, 6.07) is 15.5. The summed E-state index contributed by atoms with van der Waals surface area (Å²) in [5.41, 5.74) is 3.15. The molecule has 0 amide bonds. The van der Waals surface area contributed by atoms with Gasteiger partial charge in [-0.15, -0.1) is 0 Å². The summed E-state index contributed by atoms with van der Waals surface area (Å²) in [4.78, 5) is 7.70. The number of aromatic amines is 1. The van der Waals surface area contributed by atoms with Crippen LogP contribution in [-0.2, 0) is 5.75 Å². The molecule has 3 rings (SSSR count). The molecule has 2 nitrogen and oxygen atoms in total. The van der Waals surface area contributed by atoms with E-state index in [-0.39, 0.29) is 0 Å². The van der Waals surface area contributed by atoms with Gasteiger partial charge in [0, 0.05) is 15.8 Å². The van der Waals surface area contributed by atoms with Crippen LogP contribution < -0.4 is 0 Å². The zero-order valence-corrected chi connectivity index (χ0v) is 13.3. The van der Waals surface area contributed by atoms with Crippen molar-refractivity contribution in [1.82, 2.24) is 9.97 Å². The van der Waals surface area contributed by atoms with E-state index in [2.05, 4.69) is 9.97 Å². The van der Waals surface area contributed by atoms with Gasteiger partial charge in [0.2, 0.25) is 0 Å². The van der Waals surface area contributed by atoms with Crippen LogP contribution in [0.2, 0.25) is 10.0 Å². The van der Waals surface area contributed by atoms with Gasteiger partial charge in [0.05, 0.1) is 11.9 Å². The summed E-state index contributed by atoms with van der Waals surface area (Å²) in [5, 5.41) is 2.39. The third-order valence-electron chi connectivity index (χ3n) is 3.03. The first-order chi connectivity index (χ1) is 10.2. The molecule has 106 valence electrons. The summed E-state index contributed by atoms with van der Waals surface area (Å²) in [6.07, 6.45) is 1.83. The normalized spacial score (nSPS) is 10.8. The molecule has 1 heterocycles. The Morgan fingerprint density at radius 3 is 2.52 bits per heavy atom. The Labute approximate surface area is 137 Å². The molecule has 1 N–H and O–H groups in total. The average molecular weight is 335 g/mol. The lowest BCUT2D eigenvalue weighted by Gasteiger charge is -2.01.